The van der Waals surface area contributed by atoms with Crippen LogP contribution in [0.1, 0.15) is 21.8 Å². The number of anilines is 2. The van der Waals surface area contributed by atoms with Crippen LogP contribution in [0.25, 0.3) is 0 Å². The summed E-state index contributed by atoms with van der Waals surface area (Å²) >= 11 is 5.84. The van der Waals surface area contributed by atoms with Gasteiger partial charge in [0.25, 0.3) is 5.91 Å². The predicted molar refractivity (Wildman–Crippen MR) is 91.4 cm³/mol. The second-order valence-corrected chi connectivity index (χ2v) is 5.62. The fourth-order valence-electron chi connectivity index (χ4n) is 2.08. The zero-order valence-corrected chi connectivity index (χ0v) is 13.7. The van der Waals surface area contributed by atoms with Crippen LogP contribution in [-0.2, 0) is 6.54 Å². The van der Waals surface area contributed by atoms with Crippen LogP contribution in [0.3, 0.4) is 0 Å². The van der Waals surface area contributed by atoms with Crippen LogP contribution in [0.15, 0.2) is 53.2 Å². The van der Waals surface area contributed by atoms with Crippen molar-refractivity contribution in [2.45, 2.75) is 13.5 Å². The van der Waals surface area contributed by atoms with E-state index >= 15 is 0 Å². The third-order valence-corrected chi connectivity index (χ3v) is 3.51. The van der Waals surface area contributed by atoms with Gasteiger partial charge in [0.1, 0.15) is 11.5 Å². The first-order valence-electron chi connectivity index (χ1n) is 7.29. The first kappa shape index (κ1) is 16.0. The molecule has 6 nitrogen and oxygen atoms in total. The number of nitrogens with zero attached hydrogens (tertiary/aromatic N) is 2. The van der Waals surface area contributed by atoms with E-state index in [1.165, 1.54) is 0 Å². The highest BCUT2D eigenvalue weighted by Gasteiger charge is 2.09. The lowest BCUT2D eigenvalue weighted by molar-refractivity contribution is 0.0946. The summed E-state index contributed by atoms with van der Waals surface area (Å²) in [7, 11) is 0. The van der Waals surface area contributed by atoms with Gasteiger partial charge in [0.2, 0.25) is 0 Å². The molecule has 122 valence electrons. The van der Waals surface area contributed by atoms with E-state index in [1.807, 2.05) is 12.1 Å². The topological polar surface area (TPSA) is 80.0 Å². The Bertz CT molecular complexity index is 846. The molecule has 7 heteroatoms. The average Bonchev–Trinajstić information content (AvgIpc) is 2.99. The van der Waals surface area contributed by atoms with Crippen LogP contribution in [-0.4, -0.2) is 16.0 Å². The Balaban J connectivity index is 1.64. The van der Waals surface area contributed by atoms with Crippen molar-refractivity contribution in [1.29, 1.82) is 0 Å². The van der Waals surface area contributed by atoms with Crippen molar-refractivity contribution in [3.8, 4) is 0 Å². The standard InChI is InChI=1S/C17H15ClN4O2/c1-11-8-16(22-24-11)21-14-6-7-19-15(9-14)17(23)20-10-12-2-4-13(18)5-3-12/h2-9H,10H2,1H3,(H,20,23)(H,19,21,22). The minimum absolute atomic E-state index is 0.259. The Morgan fingerprint density at radius 1 is 1.21 bits per heavy atom. The molecule has 2 aromatic heterocycles. The third kappa shape index (κ3) is 4.11. The summed E-state index contributed by atoms with van der Waals surface area (Å²) in [5.41, 5.74) is 1.98. The lowest BCUT2D eigenvalue weighted by atomic mass is 10.2. The molecule has 0 spiro atoms. The van der Waals surface area contributed by atoms with Crippen molar-refractivity contribution in [1.82, 2.24) is 15.5 Å². The SMILES string of the molecule is Cc1cc(Nc2ccnc(C(=O)NCc3ccc(Cl)cc3)c2)no1. The third-order valence-electron chi connectivity index (χ3n) is 3.26. The monoisotopic (exact) mass is 342 g/mol. The van der Waals surface area contributed by atoms with Gasteiger partial charge in [-0.2, -0.15) is 0 Å². The predicted octanol–water partition coefficient (Wildman–Crippen LogP) is 3.71. The Labute approximate surface area is 143 Å². The molecule has 0 saturated heterocycles. The zero-order valence-electron chi connectivity index (χ0n) is 12.9. The molecule has 0 aliphatic rings. The molecule has 1 aromatic carbocycles. The van der Waals surface area contributed by atoms with Gasteiger partial charge in [-0.05, 0) is 36.8 Å². The molecule has 3 aromatic rings. The number of hydrogen-bond donors (Lipinski definition) is 2. The number of aryl methyl sites for hydroxylation is 1. The molecule has 0 unspecified atom stereocenters. The number of nitrogens with one attached hydrogen (secondary N) is 2. The van der Waals surface area contributed by atoms with Gasteiger partial charge in [-0.15, -0.1) is 0 Å². The summed E-state index contributed by atoms with van der Waals surface area (Å²) in [4.78, 5) is 16.3. The second kappa shape index (κ2) is 7.14. The Morgan fingerprint density at radius 2 is 2.00 bits per heavy atom. The number of carbonyl (C=O) groups excluding carboxylic acids is 1. The van der Waals surface area contributed by atoms with E-state index in [2.05, 4.69) is 20.8 Å². The molecule has 0 radical (unpaired) electrons. The molecule has 2 N–H and O–H groups in total. The van der Waals surface area contributed by atoms with Crippen LogP contribution < -0.4 is 10.6 Å². The number of benzene rings is 1. The first-order valence-corrected chi connectivity index (χ1v) is 7.67. The zero-order chi connectivity index (χ0) is 16.9. The summed E-state index contributed by atoms with van der Waals surface area (Å²) < 4.78 is 4.99. The molecule has 0 aliphatic carbocycles. The maximum Gasteiger partial charge on any atom is 0.270 e. The Hall–Kier alpha value is -2.86. The molecular weight excluding hydrogens is 328 g/mol. The lowest BCUT2D eigenvalue weighted by Gasteiger charge is -2.07. The van der Waals surface area contributed by atoms with E-state index in [1.54, 1.807) is 43.5 Å². The second-order valence-electron chi connectivity index (χ2n) is 5.19. The maximum absolute atomic E-state index is 12.2. The van der Waals surface area contributed by atoms with Gasteiger partial charge in [0.05, 0.1) is 0 Å². The van der Waals surface area contributed by atoms with Crippen molar-refractivity contribution in [3.63, 3.8) is 0 Å². The largest absolute Gasteiger partial charge is 0.360 e. The fourth-order valence-corrected chi connectivity index (χ4v) is 2.21. The van der Waals surface area contributed by atoms with Crippen molar-refractivity contribution in [3.05, 3.63) is 70.7 Å². The van der Waals surface area contributed by atoms with E-state index in [-0.39, 0.29) is 5.91 Å². The first-order chi connectivity index (χ1) is 11.6. The van der Waals surface area contributed by atoms with Crippen molar-refractivity contribution in [2.75, 3.05) is 5.32 Å². The highest BCUT2D eigenvalue weighted by molar-refractivity contribution is 6.30. The number of amides is 1. The Morgan fingerprint density at radius 3 is 2.71 bits per heavy atom. The molecular formula is C17H15ClN4O2. The van der Waals surface area contributed by atoms with Gasteiger partial charge in [-0.1, -0.05) is 28.9 Å². The summed E-state index contributed by atoms with van der Waals surface area (Å²) in [6.45, 7) is 2.21. The van der Waals surface area contributed by atoms with Crippen molar-refractivity contribution >= 4 is 29.0 Å². The van der Waals surface area contributed by atoms with Gasteiger partial charge in [0.15, 0.2) is 5.82 Å². The molecule has 24 heavy (non-hydrogen) atoms. The van der Waals surface area contributed by atoms with Crippen LogP contribution in [0, 0.1) is 6.92 Å². The molecule has 0 saturated carbocycles. The lowest BCUT2D eigenvalue weighted by Crippen LogP contribution is -2.23. The number of halogens is 1. The van der Waals surface area contributed by atoms with E-state index in [4.69, 9.17) is 16.1 Å². The van der Waals surface area contributed by atoms with E-state index in [0.717, 1.165) is 5.56 Å². The fraction of sp³-hybridized carbons (Fsp3) is 0.118. The van der Waals surface area contributed by atoms with E-state index < -0.39 is 0 Å². The van der Waals surface area contributed by atoms with Crippen molar-refractivity contribution in [2.24, 2.45) is 0 Å². The van der Waals surface area contributed by atoms with Crippen LogP contribution in [0.4, 0.5) is 11.5 Å². The molecule has 0 bridgehead atoms. The van der Waals surface area contributed by atoms with Gasteiger partial charge in [0, 0.05) is 29.5 Å². The molecule has 2 heterocycles. The number of carbonyl (C=O) groups is 1. The van der Waals surface area contributed by atoms with Gasteiger partial charge >= 0.3 is 0 Å². The highest BCUT2D eigenvalue weighted by atomic mass is 35.5. The molecule has 0 fully saturated rings. The van der Waals surface area contributed by atoms with E-state index in [9.17, 15) is 4.79 Å². The van der Waals surface area contributed by atoms with Crippen LogP contribution >= 0.6 is 11.6 Å². The summed E-state index contributed by atoms with van der Waals surface area (Å²) in [6, 6.07) is 12.5. The van der Waals surface area contributed by atoms with Crippen LogP contribution in [0.5, 0.6) is 0 Å². The average molecular weight is 343 g/mol. The molecule has 1 amide bonds. The summed E-state index contributed by atoms with van der Waals surface area (Å²) in [5.74, 6) is 1.02. The highest BCUT2D eigenvalue weighted by Crippen LogP contribution is 2.16. The Kier molecular flexibility index (Phi) is 4.77. The number of aromatic nitrogens is 2. The van der Waals surface area contributed by atoms with E-state index in [0.29, 0.717) is 34.5 Å². The quantitative estimate of drug-likeness (QED) is 0.739. The smallest absolute Gasteiger partial charge is 0.270 e. The van der Waals surface area contributed by atoms with Crippen molar-refractivity contribution < 1.29 is 9.32 Å². The molecule has 3 rings (SSSR count). The maximum atomic E-state index is 12.2. The minimum Gasteiger partial charge on any atom is -0.360 e. The normalized spacial score (nSPS) is 10.4. The van der Waals surface area contributed by atoms with Gasteiger partial charge in [-0.3, -0.25) is 9.78 Å². The number of pyridine rings is 1. The summed E-state index contributed by atoms with van der Waals surface area (Å²) in [5, 5.41) is 10.4. The minimum atomic E-state index is -0.259. The van der Waals surface area contributed by atoms with Gasteiger partial charge in [-0.25, -0.2) is 0 Å². The molecule has 0 atom stereocenters. The van der Waals surface area contributed by atoms with Crippen LogP contribution in [0.2, 0.25) is 5.02 Å². The number of rotatable bonds is 5. The summed E-state index contributed by atoms with van der Waals surface area (Å²) in [6.07, 6.45) is 1.56. The van der Waals surface area contributed by atoms with Gasteiger partial charge < -0.3 is 15.2 Å². The molecule has 0 aliphatic heterocycles. The number of hydrogen-bond acceptors (Lipinski definition) is 5.